The Hall–Kier alpha value is -2.29. The Morgan fingerprint density at radius 2 is 1.96 bits per heavy atom. The third-order valence-corrected chi connectivity index (χ3v) is 7.96. The predicted molar refractivity (Wildman–Crippen MR) is 106 cm³/mol. The van der Waals surface area contributed by atoms with Crippen LogP contribution in [0.4, 0.5) is 0 Å². The van der Waals surface area contributed by atoms with E-state index in [2.05, 4.69) is 21.0 Å². The molecule has 1 saturated heterocycles. The number of pyridine rings is 1. The highest BCUT2D eigenvalue weighted by atomic mass is 32.2. The van der Waals surface area contributed by atoms with E-state index in [1.807, 2.05) is 18.5 Å². The Morgan fingerprint density at radius 1 is 1.11 bits per heavy atom. The zero-order valence-corrected chi connectivity index (χ0v) is 16.1. The largest absolute Gasteiger partial charge is 0.360 e. The quantitative estimate of drug-likeness (QED) is 0.570. The maximum Gasteiger partial charge on any atom is 0.243 e. The number of H-pyrrole nitrogens is 1. The summed E-state index contributed by atoms with van der Waals surface area (Å²) in [6, 6.07) is 9.32. The normalized spacial score (nSPS) is 17.0. The van der Waals surface area contributed by atoms with Crippen LogP contribution in [-0.4, -0.2) is 40.8 Å². The molecule has 1 aromatic carbocycles. The minimum absolute atomic E-state index is 0.291. The summed E-state index contributed by atoms with van der Waals surface area (Å²) in [5.41, 5.74) is 4.65. The van der Waals surface area contributed by atoms with Gasteiger partial charge in [0.05, 0.1) is 32.3 Å². The van der Waals surface area contributed by atoms with Crippen molar-refractivity contribution in [2.75, 3.05) is 13.1 Å². The van der Waals surface area contributed by atoms with E-state index in [1.54, 1.807) is 28.0 Å². The number of sulfonamides is 1. The van der Waals surface area contributed by atoms with Crippen molar-refractivity contribution >= 4 is 42.5 Å². The molecular formula is C19H18N4O2S2. The predicted octanol–water partition coefficient (Wildman–Crippen LogP) is 3.74. The second-order valence-electron chi connectivity index (χ2n) is 6.83. The fourth-order valence-electron chi connectivity index (χ4n) is 3.73. The number of nitrogens with one attached hydrogen (secondary N) is 1. The molecule has 4 aromatic rings. The first kappa shape index (κ1) is 16.9. The monoisotopic (exact) mass is 398 g/mol. The Morgan fingerprint density at radius 3 is 2.81 bits per heavy atom. The summed E-state index contributed by atoms with van der Waals surface area (Å²) in [7, 11) is -3.48. The lowest BCUT2D eigenvalue weighted by molar-refractivity contribution is 0.317. The number of hydrogen-bond donors (Lipinski definition) is 1. The Kier molecular flexibility index (Phi) is 3.99. The molecule has 1 N–H and O–H groups in total. The summed E-state index contributed by atoms with van der Waals surface area (Å²) in [6.07, 6.45) is 5.33. The van der Waals surface area contributed by atoms with Crippen LogP contribution in [0.15, 0.2) is 53.1 Å². The van der Waals surface area contributed by atoms with Crippen LogP contribution in [0, 0.1) is 0 Å². The molecule has 5 rings (SSSR count). The molecule has 1 fully saturated rings. The van der Waals surface area contributed by atoms with Gasteiger partial charge >= 0.3 is 0 Å². The third kappa shape index (κ3) is 2.93. The lowest BCUT2D eigenvalue weighted by atomic mass is 9.94. The summed E-state index contributed by atoms with van der Waals surface area (Å²) in [5, 5.41) is 1.15. The van der Waals surface area contributed by atoms with Crippen molar-refractivity contribution in [3.05, 3.63) is 53.9 Å². The van der Waals surface area contributed by atoms with Gasteiger partial charge in [-0.3, -0.25) is 4.98 Å². The average Bonchev–Trinajstić information content (AvgIpc) is 3.35. The number of rotatable bonds is 3. The number of thiazole rings is 1. The molecule has 1 aliphatic rings. The standard InChI is InChI=1S/C19H18N4O2S2/c24-27(25,15-1-2-16-19(10-15)26-12-22-16)23-7-4-13(5-8-23)17-9-14-3-6-20-18(14)11-21-17/h1-3,6,9-13,20H,4-5,7-8H2. The van der Waals surface area contributed by atoms with Gasteiger partial charge in [-0.2, -0.15) is 4.31 Å². The molecule has 0 unspecified atom stereocenters. The van der Waals surface area contributed by atoms with Crippen molar-refractivity contribution in [1.82, 2.24) is 19.3 Å². The van der Waals surface area contributed by atoms with E-state index in [0.29, 0.717) is 23.9 Å². The highest BCUT2D eigenvalue weighted by Gasteiger charge is 2.30. The van der Waals surface area contributed by atoms with Crippen LogP contribution in [0.5, 0.6) is 0 Å². The van der Waals surface area contributed by atoms with Crippen LogP contribution >= 0.6 is 11.3 Å². The molecule has 0 atom stereocenters. The van der Waals surface area contributed by atoms with Gasteiger partial charge in [0.25, 0.3) is 0 Å². The second-order valence-corrected chi connectivity index (χ2v) is 9.66. The van der Waals surface area contributed by atoms with Crippen LogP contribution in [0.25, 0.3) is 21.1 Å². The van der Waals surface area contributed by atoms with Crippen molar-refractivity contribution in [2.24, 2.45) is 0 Å². The number of aromatic nitrogens is 3. The highest BCUT2D eigenvalue weighted by molar-refractivity contribution is 7.89. The van der Waals surface area contributed by atoms with Gasteiger partial charge in [-0.1, -0.05) is 0 Å². The van der Waals surface area contributed by atoms with Crippen molar-refractivity contribution in [2.45, 2.75) is 23.7 Å². The zero-order chi connectivity index (χ0) is 18.4. The summed E-state index contributed by atoms with van der Waals surface area (Å²) in [4.78, 5) is 12.3. The van der Waals surface area contributed by atoms with Gasteiger partial charge in [-0.15, -0.1) is 11.3 Å². The number of fused-ring (bicyclic) bond motifs is 2. The maximum absolute atomic E-state index is 13.0. The Labute approximate surface area is 160 Å². The first-order valence-corrected chi connectivity index (χ1v) is 11.2. The molecule has 0 bridgehead atoms. The lowest BCUT2D eigenvalue weighted by Gasteiger charge is -2.31. The molecule has 0 amide bonds. The van der Waals surface area contributed by atoms with Crippen molar-refractivity contribution in [1.29, 1.82) is 0 Å². The third-order valence-electron chi connectivity index (χ3n) is 5.27. The first-order valence-electron chi connectivity index (χ1n) is 8.88. The molecule has 8 heteroatoms. The molecule has 27 heavy (non-hydrogen) atoms. The van der Waals surface area contributed by atoms with E-state index in [0.717, 1.165) is 39.7 Å². The van der Waals surface area contributed by atoms with Crippen molar-refractivity contribution in [3.63, 3.8) is 0 Å². The van der Waals surface area contributed by atoms with Crippen LogP contribution in [0.1, 0.15) is 24.5 Å². The van der Waals surface area contributed by atoms with E-state index >= 15 is 0 Å². The van der Waals surface area contributed by atoms with E-state index in [9.17, 15) is 8.42 Å². The van der Waals surface area contributed by atoms with E-state index in [1.165, 1.54) is 11.3 Å². The molecule has 138 valence electrons. The van der Waals surface area contributed by atoms with Crippen LogP contribution < -0.4 is 0 Å². The highest BCUT2D eigenvalue weighted by Crippen LogP contribution is 2.32. The summed E-state index contributed by atoms with van der Waals surface area (Å²) in [5.74, 6) is 0.291. The molecule has 0 aliphatic carbocycles. The summed E-state index contributed by atoms with van der Waals surface area (Å²) in [6.45, 7) is 1.03. The second kappa shape index (κ2) is 6.40. The minimum Gasteiger partial charge on any atom is -0.360 e. The van der Waals surface area contributed by atoms with Gasteiger partial charge in [-0.05, 0) is 43.2 Å². The van der Waals surface area contributed by atoms with Gasteiger partial charge < -0.3 is 4.98 Å². The molecule has 6 nitrogen and oxygen atoms in total. The van der Waals surface area contributed by atoms with Gasteiger partial charge in [0, 0.05) is 36.3 Å². The van der Waals surface area contributed by atoms with Crippen molar-refractivity contribution in [3.8, 4) is 0 Å². The topological polar surface area (TPSA) is 79.0 Å². The lowest BCUT2D eigenvalue weighted by Crippen LogP contribution is -2.38. The molecule has 1 aliphatic heterocycles. The number of aromatic amines is 1. The summed E-state index contributed by atoms with van der Waals surface area (Å²) >= 11 is 1.46. The average molecular weight is 399 g/mol. The first-order chi connectivity index (χ1) is 13.1. The fraction of sp³-hybridized carbons (Fsp3) is 0.263. The molecule has 0 spiro atoms. The van der Waals surface area contributed by atoms with Gasteiger partial charge in [-0.25, -0.2) is 13.4 Å². The smallest absolute Gasteiger partial charge is 0.243 e. The van der Waals surface area contributed by atoms with Crippen LogP contribution in [-0.2, 0) is 10.0 Å². The molecule has 0 saturated carbocycles. The fourth-order valence-corrected chi connectivity index (χ4v) is 6.02. The number of hydrogen-bond acceptors (Lipinski definition) is 5. The SMILES string of the molecule is O=S(=O)(c1ccc2ncsc2c1)N1CCC(c2cc3cc[nH]c3cn2)CC1. The minimum atomic E-state index is -3.48. The summed E-state index contributed by atoms with van der Waals surface area (Å²) < 4.78 is 28.5. The number of benzene rings is 1. The Balaban J connectivity index is 1.35. The molecular weight excluding hydrogens is 380 g/mol. The maximum atomic E-state index is 13.0. The number of piperidine rings is 1. The Bertz CT molecular complexity index is 1220. The zero-order valence-electron chi connectivity index (χ0n) is 14.5. The van der Waals surface area contributed by atoms with E-state index in [4.69, 9.17) is 0 Å². The number of nitrogens with zero attached hydrogens (tertiary/aromatic N) is 3. The van der Waals surface area contributed by atoms with Crippen LogP contribution in [0.3, 0.4) is 0 Å². The molecule has 4 heterocycles. The van der Waals surface area contributed by atoms with Crippen molar-refractivity contribution < 1.29 is 8.42 Å². The van der Waals surface area contributed by atoms with Gasteiger partial charge in [0.15, 0.2) is 0 Å². The molecule has 3 aromatic heterocycles. The van der Waals surface area contributed by atoms with Gasteiger partial charge in [0.1, 0.15) is 0 Å². The van der Waals surface area contributed by atoms with Crippen LogP contribution in [0.2, 0.25) is 0 Å². The molecule has 0 radical (unpaired) electrons. The van der Waals surface area contributed by atoms with E-state index < -0.39 is 10.0 Å². The van der Waals surface area contributed by atoms with E-state index in [-0.39, 0.29) is 0 Å². The van der Waals surface area contributed by atoms with Gasteiger partial charge in [0.2, 0.25) is 10.0 Å².